The average molecular weight is 208 g/mol. The predicted molar refractivity (Wildman–Crippen MR) is 62.5 cm³/mol. The van der Waals surface area contributed by atoms with Gasteiger partial charge in [0.15, 0.2) is 0 Å². The van der Waals surface area contributed by atoms with Crippen LogP contribution in [-0.4, -0.2) is 18.8 Å². The van der Waals surface area contributed by atoms with Crippen molar-refractivity contribution in [1.29, 1.82) is 0 Å². The SMILES string of the molecule is COc1cc(CCCO)ccc1C(C)C. The van der Waals surface area contributed by atoms with E-state index in [4.69, 9.17) is 9.84 Å². The smallest absolute Gasteiger partial charge is 0.122 e. The lowest BCUT2D eigenvalue weighted by atomic mass is 9.99. The van der Waals surface area contributed by atoms with Crippen molar-refractivity contribution in [2.45, 2.75) is 32.6 Å². The molecule has 1 N–H and O–H groups in total. The zero-order valence-electron chi connectivity index (χ0n) is 9.79. The molecule has 0 heterocycles. The van der Waals surface area contributed by atoms with Gasteiger partial charge in [0.05, 0.1) is 7.11 Å². The lowest BCUT2D eigenvalue weighted by molar-refractivity contribution is 0.288. The van der Waals surface area contributed by atoms with Crippen LogP contribution in [0.1, 0.15) is 37.3 Å². The van der Waals surface area contributed by atoms with Gasteiger partial charge < -0.3 is 9.84 Å². The average Bonchev–Trinajstić information content (AvgIpc) is 2.25. The zero-order chi connectivity index (χ0) is 11.3. The van der Waals surface area contributed by atoms with Crippen LogP contribution in [-0.2, 0) is 6.42 Å². The maximum absolute atomic E-state index is 8.77. The summed E-state index contributed by atoms with van der Waals surface area (Å²) in [5, 5.41) is 8.77. The Bertz CT molecular complexity index is 305. The molecule has 1 rings (SSSR count). The standard InChI is InChI=1S/C13H20O2/c1-10(2)12-7-6-11(5-4-8-14)9-13(12)15-3/h6-7,9-10,14H,4-5,8H2,1-3H3. The van der Waals surface area contributed by atoms with Crippen molar-refractivity contribution in [2.75, 3.05) is 13.7 Å². The quantitative estimate of drug-likeness (QED) is 0.806. The number of hydrogen-bond acceptors (Lipinski definition) is 2. The van der Waals surface area contributed by atoms with Crippen molar-refractivity contribution in [2.24, 2.45) is 0 Å². The first kappa shape index (κ1) is 12.1. The van der Waals surface area contributed by atoms with Crippen molar-refractivity contribution < 1.29 is 9.84 Å². The minimum Gasteiger partial charge on any atom is -0.496 e. The Kier molecular flexibility index (Phi) is 4.63. The van der Waals surface area contributed by atoms with Gasteiger partial charge in [-0.2, -0.15) is 0 Å². The zero-order valence-corrected chi connectivity index (χ0v) is 9.79. The Morgan fingerprint density at radius 1 is 1.33 bits per heavy atom. The van der Waals surface area contributed by atoms with Gasteiger partial charge in [-0.25, -0.2) is 0 Å². The fourth-order valence-corrected chi connectivity index (χ4v) is 1.67. The van der Waals surface area contributed by atoms with E-state index in [1.807, 2.05) is 0 Å². The summed E-state index contributed by atoms with van der Waals surface area (Å²) in [5.74, 6) is 1.44. The molecule has 0 fully saturated rings. The third-order valence-corrected chi connectivity index (χ3v) is 2.54. The Labute approximate surface area is 91.9 Å². The van der Waals surface area contributed by atoms with Crippen LogP contribution in [0.25, 0.3) is 0 Å². The van der Waals surface area contributed by atoms with Crippen molar-refractivity contribution >= 4 is 0 Å². The van der Waals surface area contributed by atoms with Crippen molar-refractivity contribution in [3.8, 4) is 5.75 Å². The number of hydrogen-bond donors (Lipinski definition) is 1. The lowest BCUT2D eigenvalue weighted by Gasteiger charge is -2.13. The predicted octanol–water partition coefficient (Wildman–Crippen LogP) is 2.74. The van der Waals surface area contributed by atoms with Gasteiger partial charge in [-0.15, -0.1) is 0 Å². The molecule has 1 aromatic rings. The van der Waals surface area contributed by atoms with Gasteiger partial charge in [-0.05, 0) is 36.0 Å². The molecule has 0 aliphatic heterocycles. The second kappa shape index (κ2) is 5.76. The van der Waals surface area contributed by atoms with E-state index >= 15 is 0 Å². The summed E-state index contributed by atoms with van der Waals surface area (Å²) in [5.41, 5.74) is 2.47. The molecule has 0 aliphatic rings. The molecule has 0 atom stereocenters. The topological polar surface area (TPSA) is 29.5 Å². The Hall–Kier alpha value is -1.02. The summed E-state index contributed by atoms with van der Waals surface area (Å²) < 4.78 is 5.36. The summed E-state index contributed by atoms with van der Waals surface area (Å²) in [4.78, 5) is 0. The Morgan fingerprint density at radius 3 is 2.60 bits per heavy atom. The number of rotatable bonds is 5. The summed E-state index contributed by atoms with van der Waals surface area (Å²) in [6.07, 6.45) is 1.72. The molecule has 1 aromatic carbocycles. The van der Waals surface area contributed by atoms with Crippen molar-refractivity contribution in [3.63, 3.8) is 0 Å². The molecule has 2 heteroatoms. The van der Waals surface area contributed by atoms with Crippen molar-refractivity contribution in [3.05, 3.63) is 29.3 Å². The molecular formula is C13H20O2. The van der Waals surface area contributed by atoms with Crippen LogP contribution in [0.4, 0.5) is 0 Å². The van der Waals surface area contributed by atoms with E-state index in [9.17, 15) is 0 Å². The number of aliphatic hydroxyl groups excluding tert-OH is 1. The third-order valence-electron chi connectivity index (χ3n) is 2.54. The number of benzene rings is 1. The minimum atomic E-state index is 0.244. The fourth-order valence-electron chi connectivity index (χ4n) is 1.67. The molecule has 0 aromatic heterocycles. The summed E-state index contributed by atoms with van der Waals surface area (Å²) in [6, 6.07) is 6.31. The molecule has 0 aliphatic carbocycles. The van der Waals surface area contributed by atoms with E-state index in [1.54, 1.807) is 7.11 Å². The second-order valence-corrected chi connectivity index (χ2v) is 4.06. The molecule has 2 nitrogen and oxygen atoms in total. The van der Waals surface area contributed by atoms with Crippen LogP contribution in [0.15, 0.2) is 18.2 Å². The van der Waals surface area contributed by atoms with Gasteiger partial charge in [0.2, 0.25) is 0 Å². The second-order valence-electron chi connectivity index (χ2n) is 4.06. The van der Waals surface area contributed by atoms with Crippen LogP contribution < -0.4 is 4.74 Å². The molecule has 0 saturated carbocycles. The summed E-state index contributed by atoms with van der Waals surface area (Å²) in [7, 11) is 1.71. The van der Waals surface area contributed by atoms with Gasteiger partial charge in [0.25, 0.3) is 0 Å². The monoisotopic (exact) mass is 208 g/mol. The van der Waals surface area contributed by atoms with E-state index in [0.717, 1.165) is 18.6 Å². The molecule has 0 bridgehead atoms. The van der Waals surface area contributed by atoms with E-state index < -0.39 is 0 Å². The highest BCUT2D eigenvalue weighted by Crippen LogP contribution is 2.27. The fraction of sp³-hybridized carbons (Fsp3) is 0.538. The maximum Gasteiger partial charge on any atom is 0.122 e. The summed E-state index contributed by atoms with van der Waals surface area (Å²) >= 11 is 0. The van der Waals surface area contributed by atoms with Crippen LogP contribution in [0, 0.1) is 0 Å². The van der Waals surface area contributed by atoms with E-state index in [0.29, 0.717) is 5.92 Å². The Morgan fingerprint density at radius 2 is 2.07 bits per heavy atom. The van der Waals surface area contributed by atoms with E-state index in [1.165, 1.54) is 11.1 Å². The highest BCUT2D eigenvalue weighted by molar-refractivity contribution is 5.39. The normalized spacial score (nSPS) is 10.7. The molecule has 0 saturated heterocycles. The number of methoxy groups -OCH3 is 1. The highest BCUT2D eigenvalue weighted by Gasteiger charge is 2.07. The Balaban J connectivity index is 2.87. The van der Waals surface area contributed by atoms with Crippen LogP contribution >= 0.6 is 0 Å². The molecule has 84 valence electrons. The first-order valence-electron chi connectivity index (χ1n) is 5.46. The van der Waals surface area contributed by atoms with Crippen molar-refractivity contribution in [1.82, 2.24) is 0 Å². The molecule has 0 unspecified atom stereocenters. The van der Waals surface area contributed by atoms with Crippen LogP contribution in [0.5, 0.6) is 5.75 Å². The molecule has 0 radical (unpaired) electrons. The van der Waals surface area contributed by atoms with Gasteiger partial charge in [-0.1, -0.05) is 26.0 Å². The largest absolute Gasteiger partial charge is 0.496 e. The van der Waals surface area contributed by atoms with Gasteiger partial charge in [-0.3, -0.25) is 0 Å². The number of ether oxygens (including phenoxy) is 1. The van der Waals surface area contributed by atoms with Gasteiger partial charge in [0, 0.05) is 6.61 Å². The van der Waals surface area contributed by atoms with Gasteiger partial charge in [0.1, 0.15) is 5.75 Å². The number of aryl methyl sites for hydroxylation is 1. The van der Waals surface area contributed by atoms with Crippen LogP contribution in [0.2, 0.25) is 0 Å². The minimum absolute atomic E-state index is 0.244. The van der Waals surface area contributed by atoms with Crippen LogP contribution in [0.3, 0.4) is 0 Å². The summed E-state index contributed by atoms with van der Waals surface area (Å²) in [6.45, 7) is 4.56. The lowest BCUT2D eigenvalue weighted by Crippen LogP contribution is -1.97. The third kappa shape index (κ3) is 3.24. The molecule has 0 spiro atoms. The molecule has 0 amide bonds. The van der Waals surface area contributed by atoms with E-state index in [2.05, 4.69) is 32.0 Å². The first-order chi connectivity index (χ1) is 7.19. The molecule has 15 heavy (non-hydrogen) atoms. The maximum atomic E-state index is 8.77. The van der Waals surface area contributed by atoms with Gasteiger partial charge >= 0.3 is 0 Å². The molecular weight excluding hydrogens is 188 g/mol. The highest BCUT2D eigenvalue weighted by atomic mass is 16.5. The van der Waals surface area contributed by atoms with E-state index in [-0.39, 0.29) is 6.61 Å². The first-order valence-corrected chi connectivity index (χ1v) is 5.46. The number of aliphatic hydroxyl groups is 1.